The van der Waals surface area contributed by atoms with Crippen LogP contribution in [0.3, 0.4) is 0 Å². The van der Waals surface area contributed by atoms with Crippen LogP contribution in [0.5, 0.6) is 0 Å². The van der Waals surface area contributed by atoms with Crippen LogP contribution < -0.4 is 5.32 Å². The standard InChI is InChI=1S/C16H23N3O/c1-18-7-8-19(16(20)9-13-10-17-11-13)15(12-18)14-5-3-2-4-6-14/h2-6,13,15,17H,7-12H2,1H3. The van der Waals surface area contributed by atoms with E-state index in [4.69, 9.17) is 0 Å². The van der Waals surface area contributed by atoms with Gasteiger partial charge in [-0.1, -0.05) is 30.3 Å². The molecular weight excluding hydrogens is 250 g/mol. The van der Waals surface area contributed by atoms with Gasteiger partial charge in [-0.15, -0.1) is 0 Å². The summed E-state index contributed by atoms with van der Waals surface area (Å²) in [6, 6.07) is 10.6. The van der Waals surface area contributed by atoms with Crippen molar-refractivity contribution in [1.29, 1.82) is 0 Å². The third kappa shape index (κ3) is 2.86. The Balaban J connectivity index is 1.74. The summed E-state index contributed by atoms with van der Waals surface area (Å²) in [5.41, 5.74) is 1.25. The molecule has 2 heterocycles. The maximum Gasteiger partial charge on any atom is 0.223 e. The van der Waals surface area contributed by atoms with Crippen LogP contribution in [0.15, 0.2) is 30.3 Å². The normalized spacial score (nSPS) is 24.4. The predicted octanol–water partition coefficient (Wildman–Crippen LogP) is 1.11. The van der Waals surface area contributed by atoms with E-state index in [0.717, 1.165) is 32.7 Å². The number of likely N-dealkylation sites (N-methyl/N-ethyl adjacent to an activating group) is 1. The van der Waals surface area contributed by atoms with Gasteiger partial charge in [0.1, 0.15) is 0 Å². The summed E-state index contributed by atoms with van der Waals surface area (Å²) >= 11 is 0. The average Bonchev–Trinajstić information content (AvgIpc) is 2.43. The zero-order valence-electron chi connectivity index (χ0n) is 12.1. The van der Waals surface area contributed by atoms with Crippen molar-refractivity contribution in [3.05, 3.63) is 35.9 Å². The van der Waals surface area contributed by atoms with E-state index in [-0.39, 0.29) is 6.04 Å². The van der Waals surface area contributed by atoms with Crippen molar-refractivity contribution in [2.75, 3.05) is 39.8 Å². The molecule has 1 amide bonds. The Morgan fingerprint density at radius 2 is 2.00 bits per heavy atom. The van der Waals surface area contributed by atoms with Crippen molar-refractivity contribution in [2.24, 2.45) is 5.92 Å². The number of carbonyl (C=O) groups is 1. The van der Waals surface area contributed by atoms with E-state index < -0.39 is 0 Å². The highest BCUT2D eigenvalue weighted by molar-refractivity contribution is 5.77. The molecule has 0 aromatic heterocycles. The maximum atomic E-state index is 12.6. The third-order valence-electron chi connectivity index (χ3n) is 4.42. The molecule has 1 N–H and O–H groups in total. The van der Waals surface area contributed by atoms with Crippen molar-refractivity contribution in [3.8, 4) is 0 Å². The van der Waals surface area contributed by atoms with Crippen LogP contribution in [0.1, 0.15) is 18.0 Å². The number of rotatable bonds is 3. The Morgan fingerprint density at radius 3 is 2.65 bits per heavy atom. The van der Waals surface area contributed by atoms with Gasteiger partial charge in [0, 0.05) is 26.1 Å². The van der Waals surface area contributed by atoms with Crippen LogP contribution in [-0.2, 0) is 4.79 Å². The molecule has 1 atom stereocenters. The Labute approximate surface area is 120 Å². The first-order valence-electron chi connectivity index (χ1n) is 7.47. The minimum Gasteiger partial charge on any atom is -0.333 e. The molecule has 4 heteroatoms. The van der Waals surface area contributed by atoms with Crippen molar-refractivity contribution < 1.29 is 4.79 Å². The lowest BCUT2D eigenvalue weighted by atomic mass is 9.96. The lowest BCUT2D eigenvalue weighted by Crippen LogP contribution is -2.51. The highest BCUT2D eigenvalue weighted by Gasteiger charge is 2.32. The number of piperazine rings is 1. The first-order valence-corrected chi connectivity index (χ1v) is 7.47. The van der Waals surface area contributed by atoms with E-state index in [1.54, 1.807) is 0 Å². The number of nitrogens with zero attached hydrogens (tertiary/aromatic N) is 2. The highest BCUT2D eigenvalue weighted by Crippen LogP contribution is 2.26. The van der Waals surface area contributed by atoms with Crippen molar-refractivity contribution in [1.82, 2.24) is 15.1 Å². The van der Waals surface area contributed by atoms with Crippen molar-refractivity contribution in [2.45, 2.75) is 12.5 Å². The molecule has 2 aliphatic heterocycles. The minimum atomic E-state index is 0.204. The first kappa shape index (κ1) is 13.6. The van der Waals surface area contributed by atoms with Gasteiger partial charge in [0.15, 0.2) is 0 Å². The lowest BCUT2D eigenvalue weighted by molar-refractivity contribution is -0.137. The number of carbonyl (C=O) groups excluding carboxylic acids is 1. The van der Waals surface area contributed by atoms with Gasteiger partial charge in [-0.2, -0.15) is 0 Å². The summed E-state index contributed by atoms with van der Waals surface area (Å²) in [7, 11) is 2.13. The minimum absolute atomic E-state index is 0.204. The van der Waals surface area contributed by atoms with Gasteiger partial charge in [0.2, 0.25) is 5.91 Å². The van der Waals surface area contributed by atoms with E-state index in [1.165, 1.54) is 5.56 Å². The molecule has 2 saturated heterocycles. The van der Waals surface area contributed by atoms with Crippen LogP contribution in [-0.4, -0.2) is 55.5 Å². The molecule has 2 aliphatic rings. The fourth-order valence-electron chi connectivity index (χ4n) is 3.04. The Bertz CT molecular complexity index is 458. The Hall–Kier alpha value is -1.39. The van der Waals surface area contributed by atoms with E-state index in [0.29, 0.717) is 18.2 Å². The zero-order chi connectivity index (χ0) is 13.9. The van der Waals surface area contributed by atoms with E-state index in [1.807, 2.05) is 6.07 Å². The van der Waals surface area contributed by atoms with E-state index in [9.17, 15) is 4.79 Å². The molecule has 0 spiro atoms. The summed E-state index contributed by atoms with van der Waals surface area (Å²) in [5, 5.41) is 3.24. The Kier molecular flexibility index (Phi) is 4.03. The second-order valence-corrected chi connectivity index (χ2v) is 6.00. The van der Waals surface area contributed by atoms with Crippen molar-refractivity contribution >= 4 is 5.91 Å². The highest BCUT2D eigenvalue weighted by atomic mass is 16.2. The fraction of sp³-hybridized carbons (Fsp3) is 0.562. The molecule has 3 rings (SSSR count). The quantitative estimate of drug-likeness (QED) is 0.896. The summed E-state index contributed by atoms with van der Waals surface area (Å²) in [5.74, 6) is 0.858. The van der Waals surface area contributed by atoms with E-state index in [2.05, 4.69) is 46.4 Å². The monoisotopic (exact) mass is 273 g/mol. The van der Waals surface area contributed by atoms with Crippen LogP contribution in [0, 0.1) is 5.92 Å². The molecule has 2 fully saturated rings. The number of benzene rings is 1. The average molecular weight is 273 g/mol. The molecule has 1 aromatic rings. The van der Waals surface area contributed by atoms with Gasteiger partial charge in [0.25, 0.3) is 0 Å². The van der Waals surface area contributed by atoms with Crippen LogP contribution in [0.2, 0.25) is 0 Å². The number of amides is 1. The SMILES string of the molecule is CN1CCN(C(=O)CC2CNC2)C(c2ccccc2)C1. The molecule has 0 aliphatic carbocycles. The van der Waals surface area contributed by atoms with Gasteiger partial charge < -0.3 is 15.1 Å². The molecule has 0 radical (unpaired) electrons. The number of hydrogen-bond acceptors (Lipinski definition) is 3. The molecule has 4 nitrogen and oxygen atoms in total. The van der Waals surface area contributed by atoms with Gasteiger partial charge in [0.05, 0.1) is 6.04 Å². The van der Waals surface area contributed by atoms with Crippen LogP contribution >= 0.6 is 0 Å². The first-order chi connectivity index (χ1) is 9.74. The smallest absolute Gasteiger partial charge is 0.223 e. The number of nitrogens with one attached hydrogen (secondary N) is 1. The molecule has 108 valence electrons. The molecule has 0 saturated carbocycles. The predicted molar refractivity (Wildman–Crippen MR) is 79.4 cm³/mol. The summed E-state index contributed by atoms with van der Waals surface area (Å²) in [6.07, 6.45) is 0.694. The van der Waals surface area contributed by atoms with Gasteiger partial charge in [-0.05, 0) is 31.6 Å². The van der Waals surface area contributed by atoms with Gasteiger partial charge in [-0.3, -0.25) is 4.79 Å². The third-order valence-corrected chi connectivity index (χ3v) is 4.42. The van der Waals surface area contributed by atoms with Gasteiger partial charge in [-0.25, -0.2) is 0 Å². The Morgan fingerprint density at radius 1 is 1.25 bits per heavy atom. The second-order valence-electron chi connectivity index (χ2n) is 6.00. The van der Waals surface area contributed by atoms with Crippen molar-refractivity contribution in [3.63, 3.8) is 0 Å². The van der Waals surface area contributed by atoms with E-state index >= 15 is 0 Å². The van der Waals surface area contributed by atoms with Crippen LogP contribution in [0.4, 0.5) is 0 Å². The van der Waals surface area contributed by atoms with Crippen LogP contribution in [0.25, 0.3) is 0 Å². The second kappa shape index (κ2) is 5.94. The summed E-state index contributed by atoms with van der Waals surface area (Å²) in [4.78, 5) is 17.0. The number of hydrogen-bond donors (Lipinski definition) is 1. The zero-order valence-corrected chi connectivity index (χ0v) is 12.1. The molecule has 0 bridgehead atoms. The van der Waals surface area contributed by atoms with Gasteiger partial charge >= 0.3 is 0 Å². The molecule has 1 unspecified atom stereocenters. The molecule has 1 aromatic carbocycles. The fourth-order valence-corrected chi connectivity index (χ4v) is 3.04. The largest absolute Gasteiger partial charge is 0.333 e. The molecular formula is C16H23N3O. The topological polar surface area (TPSA) is 35.6 Å². The molecule has 20 heavy (non-hydrogen) atoms. The maximum absolute atomic E-state index is 12.6. The lowest BCUT2D eigenvalue weighted by Gasteiger charge is -2.41. The summed E-state index contributed by atoms with van der Waals surface area (Å²) in [6.45, 7) is 4.73. The summed E-state index contributed by atoms with van der Waals surface area (Å²) < 4.78 is 0.